The summed E-state index contributed by atoms with van der Waals surface area (Å²) in [5.74, 6) is -0.969. The number of halogens is 3. The lowest BCUT2D eigenvalue weighted by Gasteiger charge is -2.23. The van der Waals surface area contributed by atoms with E-state index in [4.69, 9.17) is 4.74 Å². The molecule has 0 fully saturated rings. The summed E-state index contributed by atoms with van der Waals surface area (Å²) in [5, 5.41) is 7.88. The minimum absolute atomic E-state index is 0.0990. The van der Waals surface area contributed by atoms with E-state index in [1.54, 1.807) is 30.3 Å². The van der Waals surface area contributed by atoms with Gasteiger partial charge in [-0.15, -0.1) is 0 Å². The van der Waals surface area contributed by atoms with Crippen LogP contribution in [0.25, 0.3) is 0 Å². The van der Waals surface area contributed by atoms with Crippen LogP contribution >= 0.6 is 0 Å². The molecule has 0 saturated carbocycles. The van der Waals surface area contributed by atoms with E-state index in [-0.39, 0.29) is 42.4 Å². The third-order valence-electron chi connectivity index (χ3n) is 3.96. The predicted molar refractivity (Wildman–Crippen MR) is 98.2 cm³/mol. The zero-order valence-corrected chi connectivity index (χ0v) is 15.1. The van der Waals surface area contributed by atoms with Gasteiger partial charge in [0.25, 0.3) is 5.91 Å². The van der Waals surface area contributed by atoms with Crippen molar-refractivity contribution in [2.24, 2.45) is 5.10 Å². The fraction of sp³-hybridized carbons (Fsp3) is 0.263. The van der Waals surface area contributed by atoms with Crippen LogP contribution in [0.1, 0.15) is 18.4 Å². The third kappa shape index (κ3) is 5.53. The van der Waals surface area contributed by atoms with Crippen LogP contribution in [0.2, 0.25) is 0 Å². The number of carbonyl (C=O) groups excluding carboxylic acids is 2. The number of amides is 2. The van der Waals surface area contributed by atoms with Crippen molar-refractivity contribution in [1.29, 1.82) is 0 Å². The maximum atomic E-state index is 12.5. The van der Waals surface area contributed by atoms with Crippen molar-refractivity contribution in [3.63, 3.8) is 0 Å². The first kappa shape index (κ1) is 20.3. The minimum Gasteiger partial charge on any atom is -0.468 e. The van der Waals surface area contributed by atoms with Crippen LogP contribution in [0, 0.1) is 0 Å². The lowest BCUT2D eigenvalue weighted by Crippen LogP contribution is -2.39. The van der Waals surface area contributed by atoms with Crippen LogP contribution in [0.15, 0.2) is 53.8 Å². The quantitative estimate of drug-likeness (QED) is 0.800. The van der Waals surface area contributed by atoms with Crippen molar-refractivity contribution in [2.45, 2.75) is 25.6 Å². The van der Waals surface area contributed by atoms with Crippen LogP contribution in [0.3, 0.4) is 0 Å². The maximum Gasteiger partial charge on any atom is 0.422 e. The zero-order chi connectivity index (χ0) is 20.9. The highest BCUT2D eigenvalue weighted by atomic mass is 19.4. The average Bonchev–Trinajstić information content (AvgIpc) is 2.71. The second-order valence-electron chi connectivity index (χ2n) is 6.14. The van der Waals surface area contributed by atoms with Crippen molar-refractivity contribution in [2.75, 3.05) is 11.6 Å². The molecule has 0 spiro atoms. The van der Waals surface area contributed by atoms with Gasteiger partial charge in [-0.05, 0) is 18.2 Å². The molecule has 0 aliphatic carbocycles. The number of nitrogens with zero attached hydrogens (tertiary/aromatic N) is 3. The fourth-order valence-corrected chi connectivity index (χ4v) is 2.60. The summed E-state index contributed by atoms with van der Waals surface area (Å²) >= 11 is 0. The number of rotatable bonds is 6. The third-order valence-corrected chi connectivity index (χ3v) is 3.96. The summed E-state index contributed by atoms with van der Waals surface area (Å²) in [6.45, 7) is -1.58. The van der Waals surface area contributed by atoms with Gasteiger partial charge in [-0.3, -0.25) is 9.59 Å². The highest BCUT2D eigenvalue weighted by molar-refractivity contribution is 6.40. The molecule has 1 aliphatic heterocycles. The molecule has 2 heterocycles. The van der Waals surface area contributed by atoms with E-state index in [9.17, 15) is 22.8 Å². The molecule has 152 valence electrons. The number of hydrogen-bond acceptors (Lipinski definition) is 5. The van der Waals surface area contributed by atoms with E-state index < -0.39 is 18.7 Å². The Morgan fingerprint density at radius 1 is 1.14 bits per heavy atom. The summed E-state index contributed by atoms with van der Waals surface area (Å²) < 4.78 is 41.8. The summed E-state index contributed by atoms with van der Waals surface area (Å²) in [7, 11) is 0. The molecular formula is C19H17F3N4O3. The first-order valence-electron chi connectivity index (χ1n) is 8.70. The second-order valence-corrected chi connectivity index (χ2v) is 6.14. The van der Waals surface area contributed by atoms with Crippen molar-refractivity contribution < 1.29 is 27.5 Å². The van der Waals surface area contributed by atoms with Gasteiger partial charge < -0.3 is 10.1 Å². The molecular weight excluding hydrogens is 389 g/mol. The van der Waals surface area contributed by atoms with Gasteiger partial charge in [-0.2, -0.15) is 18.3 Å². The van der Waals surface area contributed by atoms with Gasteiger partial charge >= 0.3 is 6.18 Å². The van der Waals surface area contributed by atoms with Crippen LogP contribution in [-0.2, 0) is 16.1 Å². The van der Waals surface area contributed by atoms with Crippen LogP contribution in [0.4, 0.5) is 18.9 Å². The van der Waals surface area contributed by atoms with Gasteiger partial charge in [-0.25, -0.2) is 9.99 Å². The lowest BCUT2D eigenvalue weighted by molar-refractivity contribution is -0.154. The van der Waals surface area contributed by atoms with Crippen molar-refractivity contribution in [3.8, 4) is 5.88 Å². The monoisotopic (exact) mass is 406 g/mol. The van der Waals surface area contributed by atoms with E-state index in [0.29, 0.717) is 5.69 Å². The van der Waals surface area contributed by atoms with Crippen LogP contribution in [-0.4, -0.2) is 35.3 Å². The zero-order valence-electron chi connectivity index (χ0n) is 15.1. The smallest absolute Gasteiger partial charge is 0.422 e. The van der Waals surface area contributed by atoms with E-state index in [1.165, 1.54) is 23.3 Å². The number of ether oxygens (including phenoxy) is 1. The van der Waals surface area contributed by atoms with Gasteiger partial charge in [0.15, 0.2) is 6.61 Å². The van der Waals surface area contributed by atoms with Gasteiger partial charge in [0.1, 0.15) is 5.71 Å². The number of benzene rings is 1. The first-order valence-corrected chi connectivity index (χ1v) is 8.70. The number of hydrazone groups is 1. The number of anilines is 1. The summed E-state index contributed by atoms with van der Waals surface area (Å²) in [5.41, 5.74) is 0.977. The summed E-state index contributed by atoms with van der Waals surface area (Å²) in [6, 6.07) is 11.7. The Labute approximate surface area is 164 Å². The first-order chi connectivity index (χ1) is 13.8. The van der Waals surface area contributed by atoms with Crippen LogP contribution < -0.4 is 15.1 Å². The molecule has 2 amide bonds. The van der Waals surface area contributed by atoms with Gasteiger partial charge in [0.2, 0.25) is 11.8 Å². The van der Waals surface area contributed by atoms with E-state index in [0.717, 1.165) is 0 Å². The highest BCUT2D eigenvalue weighted by Crippen LogP contribution is 2.21. The molecule has 1 N–H and O–H groups in total. The Balaban J connectivity index is 1.67. The van der Waals surface area contributed by atoms with E-state index in [2.05, 4.69) is 15.4 Å². The fourth-order valence-electron chi connectivity index (χ4n) is 2.60. The number of hydrogen-bond donors (Lipinski definition) is 1. The Bertz CT molecular complexity index is 916. The number of nitrogens with one attached hydrogen (secondary N) is 1. The Hall–Kier alpha value is -3.43. The Kier molecular flexibility index (Phi) is 6.10. The molecule has 0 bridgehead atoms. The molecule has 0 atom stereocenters. The summed E-state index contributed by atoms with van der Waals surface area (Å²) in [6.07, 6.45) is -2.92. The maximum absolute atomic E-state index is 12.5. The minimum atomic E-state index is -4.50. The SMILES string of the molecule is O=C(NCc1cccnc1OCC(F)(F)F)C1=NN(c2ccccc2)C(=O)CC1. The van der Waals surface area contributed by atoms with Crippen molar-refractivity contribution in [3.05, 3.63) is 54.2 Å². The molecule has 0 unspecified atom stereocenters. The second kappa shape index (κ2) is 8.72. The molecule has 1 aliphatic rings. The van der Waals surface area contributed by atoms with Gasteiger partial charge in [0, 0.05) is 31.1 Å². The van der Waals surface area contributed by atoms with Crippen molar-refractivity contribution in [1.82, 2.24) is 10.3 Å². The molecule has 7 nitrogen and oxygen atoms in total. The number of carbonyl (C=O) groups is 2. The highest BCUT2D eigenvalue weighted by Gasteiger charge is 2.29. The molecule has 0 radical (unpaired) electrons. The largest absolute Gasteiger partial charge is 0.468 e. The topological polar surface area (TPSA) is 83.9 Å². The van der Waals surface area contributed by atoms with Crippen molar-refractivity contribution >= 4 is 23.2 Å². The van der Waals surface area contributed by atoms with Crippen LogP contribution in [0.5, 0.6) is 5.88 Å². The number of aromatic nitrogens is 1. The van der Waals surface area contributed by atoms with E-state index in [1.807, 2.05) is 0 Å². The summed E-state index contributed by atoms with van der Waals surface area (Å²) in [4.78, 5) is 28.3. The van der Waals surface area contributed by atoms with Gasteiger partial charge in [0.05, 0.1) is 5.69 Å². The molecule has 1 aromatic heterocycles. The van der Waals surface area contributed by atoms with E-state index >= 15 is 0 Å². The molecule has 3 rings (SSSR count). The standard InChI is InChI=1S/C19H17F3N4O3/c20-19(21,22)12-29-18-13(5-4-10-23-18)11-24-17(28)15-8-9-16(27)26(25-15)14-6-2-1-3-7-14/h1-7,10H,8-9,11-12H2,(H,24,28). The lowest BCUT2D eigenvalue weighted by atomic mass is 10.1. The van der Waals surface area contributed by atoms with Gasteiger partial charge in [-0.1, -0.05) is 24.3 Å². The number of para-hydroxylation sites is 1. The number of alkyl halides is 3. The Morgan fingerprint density at radius 3 is 2.62 bits per heavy atom. The predicted octanol–water partition coefficient (Wildman–Crippen LogP) is 2.82. The Morgan fingerprint density at radius 2 is 1.90 bits per heavy atom. The molecule has 2 aromatic rings. The average molecular weight is 406 g/mol. The molecule has 29 heavy (non-hydrogen) atoms. The normalized spacial score (nSPS) is 14.4. The molecule has 10 heteroatoms. The molecule has 0 saturated heterocycles. The molecule has 1 aromatic carbocycles. The number of pyridine rings is 1.